The number of carbonyl (C=O) groups is 1. The van der Waals surface area contributed by atoms with Crippen LogP contribution in [0.3, 0.4) is 0 Å². The molecule has 0 aliphatic carbocycles. The fraction of sp³-hybridized carbons (Fsp3) is 0.267. The van der Waals surface area contributed by atoms with Crippen LogP contribution in [-0.2, 0) is 0 Å². The highest BCUT2D eigenvalue weighted by atomic mass is 16.2. The first-order valence-electron chi connectivity index (χ1n) is 6.80. The lowest BCUT2D eigenvalue weighted by molar-refractivity contribution is 0.0935. The van der Waals surface area contributed by atoms with E-state index in [0.29, 0.717) is 11.4 Å². The van der Waals surface area contributed by atoms with Crippen molar-refractivity contribution in [2.24, 2.45) is 0 Å². The number of nitrogens with zero attached hydrogens (tertiary/aromatic N) is 2. The number of carbonyl (C=O) groups excluding carboxylic acids is 1. The number of rotatable bonds is 4. The van der Waals surface area contributed by atoms with Crippen LogP contribution in [0.5, 0.6) is 0 Å². The Kier molecular flexibility index (Phi) is 4.37. The van der Waals surface area contributed by atoms with Crippen LogP contribution in [-0.4, -0.2) is 21.9 Å². The summed E-state index contributed by atoms with van der Waals surface area (Å²) in [5, 5.41) is 2.83. The number of nitrogens with one attached hydrogen (secondary N) is 1. The summed E-state index contributed by atoms with van der Waals surface area (Å²) >= 11 is 0. The summed E-state index contributed by atoms with van der Waals surface area (Å²) in [6.07, 6.45) is 2.37. The van der Waals surface area contributed by atoms with Crippen molar-refractivity contribution in [3.63, 3.8) is 0 Å². The lowest BCUT2D eigenvalue weighted by Crippen LogP contribution is -2.33. The van der Waals surface area contributed by atoms with Crippen molar-refractivity contribution in [3.05, 3.63) is 36.2 Å². The van der Waals surface area contributed by atoms with E-state index < -0.39 is 0 Å². The summed E-state index contributed by atoms with van der Waals surface area (Å²) in [6, 6.07) is 7.25. The number of amides is 1. The maximum absolute atomic E-state index is 12.2. The fourth-order valence-corrected chi connectivity index (χ4v) is 1.75. The molecular formula is C15H19N5O. The minimum absolute atomic E-state index is 0.0545. The second-order valence-electron chi connectivity index (χ2n) is 4.89. The first kappa shape index (κ1) is 14.8. The van der Waals surface area contributed by atoms with Crippen molar-refractivity contribution in [2.45, 2.75) is 26.3 Å². The molecule has 5 N–H and O–H groups in total. The minimum Gasteiger partial charge on any atom is -0.399 e. The Morgan fingerprint density at radius 3 is 2.57 bits per heavy atom. The van der Waals surface area contributed by atoms with Gasteiger partial charge in [0.1, 0.15) is 0 Å². The van der Waals surface area contributed by atoms with Crippen LogP contribution in [0.4, 0.5) is 11.5 Å². The molecule has 6 nitrogen and oxygen atoms in total. The van der Waals surface area contributed by atoms with E-state index in [2.05, 4.69) is 15.3 Å². The molecule has 0 spiro atoms. The van der Waals surface area contributed by atoms with E-state index in [1.807, 2.05) is 26.0 Å². The van der Waals surface area contributed by atoms with Gasteiger partial charge < -0.3 is 16.8 Å². The quantitative estimate of drug-likeness (QED) is 0.743. The molecule has 1 atom stereocenters. The smallest absolute Gasteiger partial charge is 0.273 e. The third-order valence-electron chi connectivity index (χ3n) is 3.21. The van der Waals surface area contributed by atoms with E-state index in [0.717, 1.165) is 12.0 Å². The molecule has 0 fully saturated rings. The number of hydrogen-bond acceptors (Lipinski definition) is 5. The number of benzene rings is 1. The second kappa shape index (κ2) is 6.21. The summed E-state index contributed by atoms with van der Waals surface area (Å²) in [5.41, 5.74) is 13.6. The molecule has 0 radical (unpaired) electrons. The summed E-state index contributed by atoms with van der Waals surface area (Å²) in [5.74, 6) is -0.193. The van der Waals surface area contributed by atoms with Crippen molar-refractivity contribution in [1.29, 1.82) is 0 Å². The molecule has 0 aliphatic heterocycles. The Hall–Kier alpha value is -2.63. The van der Waals surface area contributed by atoms with Gasteiger partial charge in [0.05, 0.1) is 11.9 Å². The first-order chi connectivity index (χ1) is 10.0. The third-order valence-corrected chi connectivity index (χ3v) is 3.21. The molecule has 1 aromatic carbocycles. The largest absolute Gasteiger partial charge is 0.399 e. The van der Waals surface area contributed by atoms with E-state index in [9.17, 15) is 4.79 Å². The topological polar surface area (TPSA) is 107 Å². The van der Waals surface area contributed by atoms with Gasteiger partial charge in [0.2, 0.25) is 0 Å². The molecule has 21 heavy (non-hydrogen) atoms. The molecule has 0 saturated heterocycles. The van der Waals surface area contributed by atoms with Crippen LogP contribution in [0, 0.1) is 0 Å². The van der Waals surface area contributed by atoms with Crippen molar-refractivity contribution in [3.8, 4) is 11.3 Å². The van der Waals surface area contributed by atoms with Gasteiger partial charge in [-0.15, -0.1) is 0 Å². The molecule has 110 valence electrons. The van der Waals surface area contributed by atoms with Crippen LogP contribution < -0.4 is 16.8 Å². The van der Waals surface area contributed by atoms with Gasteiger partial charge in [-0.2, -0.15) is 0 Å². The Labute approximate surface area is 123 Å². The van der Waals surface area contributed by atoms with E-state index in [1.54, 1.807) is 18.3 Å². The zero-order valence-corrected chi connectivity index (χ0v) is 12.1. The Balaban J connectivity index is 2.33. The van der Waals surface area contributed by atoms with E-state index in [-0.39, 0.29) is 23.5 Å². The van der Waals surface area contributed by atoms with Gasteiger partial charge in [-0.25, -0.2) is 9.97 Å². The highest BCUT2D eigenvalue weighted by molar-refractivity contribution is 5.96. The van der Waals surface area contributed by atoms with Crippen LogP contribution in [0.15, 0.2) is 30.5 Å². The second-order valence-corrected chi connectivity index (χ2v) is 4.89. The summed E-state index contributed by atoms with van der Waals surface area (Å²) in [6.45, 7) is 3.91. The van der Waals surface area contributed by atoms with Crippen LogP contribution >= 0.6 is 0 Å². The number of aromatic nitrogens is 2. The van der Waals surface area contributed by atoms with Gasteiger partial charge in [0.15, 0.2) is 11.5 Å². The predicted molar refractivity (Wildman–Crippen MR) is 83.5 cm³/mol. The van der Waals surface area contributed by atoms with Gasteiger partial charge in [-0.1, -0.05) is 19.1 Å². The zero-order valence-electron chi connectivity index (χ0n) is 12.1. The van der Waals surface area contributed by atoms with E-state index in [1.165, 1.54) is 0 Å². The Morgan fingerprint density at radius 2 is 1.95 bits per heavy atom. The number of nitrogen functional groups attached to an aromatic ring is 2. The fourth-order valence-electron chi connectivity index (χ4n) is 1.75. The average Bonchev–Trinajstić information content (AvgIpc) is 2.48. The maximum Gasteiger partial charge on any atom is 0.273 e. The Bertz CT molecular complexity index is 639. The lowest BCUT2D eigenvalue weighted by atomic mass is 10.1. The molecule has 1 heterocycles. The van der Waals surface area contributed by atoms with Crippen molar-refractivity contribution >= 4 is 17.4 Å². The first-order valence-corrected chi connectivity index (χ1v) is 6.80. The highest BCUT2D eigenvalue weighted by Gasteiger charge is 2.16. The molecule has 2 rings (SSSR count). The molecule has 6 heteroatoms. The predicted octanol–water partition coefficient (Wildman–Crippen LogP) is 1.84. The highest BCUT2D eigenvalue weighted by Crippen LogP contribution is 2.19. The minimum atomic E-state index is -0.313. The SMILES string of the molecule is CCC(C)NC(=O)c1nc(-c2ccc(N)cc2)cnc1N. The number of anilines is 2. The monoisotopic (exact) mass is 285 g/mol. The lowest BCUT2D eigenvalue weighted by Gasteiger charge is -2.12. The summed E-state index contributed by atoms with van der Waals surface area (Å²) in [4.78, 5) is 20.5. The normalized spacial score (nSPS) is 11.9. The molecule has 0 saturated carbocycles. The molecule has 1 unspecified atom stereocenters. The van der Waals surface area contributed by atoms with Gasteiger partial charge in [0.25, 0.3) is 5.91 Å². The number of nitrogens with two attached hydrogens (primary N) is 2. The standard InChI is InChI=1S/C15H19N5O/c1-3-9(2)19-15(21)13-14(17)18-8-12(20-13)10-4-6-11(16)7-5-10/h4-9H,3,16H2,1-2H3,(H2,17,18)(H,19,21). The Morgan fingerprint density at radius 1 is 1.29 bits per heavy atom. The van der Waals surface area contributed by atoms with Crippen LogP contribution in [0.25, 0.3) is 11.3 Å². The zero-order chi connectivity index (χ0) is 15.4. The number of hydrogen-bond donors (Lipinski definition) is 3. The molecule has 0 bridgehead atoms. The van der Waals surface area contributed by atoms with Gasteiger partial charge in [-0.05, 0) is 25.5 Å². The van der Waals surface area contributed by atoms with Crippen molar-refractivity contribution < 1.29 is 4.79 Å². The van der Waals surface area contributed by atoms with Gasteiger partial charge in [0, 0.05) is 17.3 Å². The van der Waals surface area contributed by atoms with Gasteiger partial charge >= 0.3 is 0 Å². The van der Waals surface area contributed by atoms with Crippen molar-refractivity contribution in [1.82, 2.24) is 15.3 Å². The summed E-state index contributed by atoms with van der Waals surface area (Å²) in [7, 11) is 0. The van der Waals surface area contributed by atoms with Crippen molar-refractivity contribution in [2.75, 3.05) is 11.5 Å². The molecule has 0 aliphatic rings. The molecule has 2 aromatic rings. The molecular weight excluding hydrogens is 266 g/mol. The molecule has 1 aromatic heterocycles. The van der Waals surface area contributed by atoms with E-state index in [4.69, 9.17) is 11.5 Å². The third kappa shape index (κ3) is 3.47. The maximum atomic E-state index is 12.2. The van der Waals surface area contributed by atoms with Gasteiger partial charge in [-0.3, -0.25) is 4.79 Å². The van der Waals surface area contributed by atoms with Crippen LogP contribution in [0.2, 0.25) is 0 Å². The van der Waals surface area contributed by atoms with E-state index >= 15 is 0 Å². The molecule has 1 amide bonds. The van der Waals surface area contributed by atoms with Crippen LogP contribution in [0.1, 0.15) is 30.8 Å². The summed E-state index contributed by atoms with van der Waals surface area (Å²) < 4.78 is 0. The average molecular weight is 285 g/mol.